The van der Waals surface area contributed by atoms with E-state index in [1.54, 1.807) is 12.1 Å². The fourth-order valence-electron chi connectivity index (χ4n) is 2.26. The van der Waals surface area contributed by atoms with E-state index in [-0.39, 0.29) is 0 Å². The van der Waals surface area contributed by atoms with Crippen LogP contribution in [0.25, 0.3) is 10.4 Å². The summed E-state index contributed by atoms with van der Waals surface area (Å²) in [5.74, 6) is -1.75. The molecule has 0 fully saturated rings. The van der Waals surface area contributed by atoms with Crippen LogP contribution in [0.1, 0.15) is 16.1 Å². The molecule has 0 radical (unpaired) electrons. The van der Waals surface area contributed by atoms with Gasteiger partial charge in [0.2, 0.25) is 5.78 Å². The van der Waals surface area contributed by atoms with Gasteiger partial charge in [0.25, 0.3) is 0 Å². The summed E-state index contributed by atoms with van der Waals surface area (Å²) >= 11 is 1.22. The van der Waals surface area contributed by atoms with Gasteiger partial charge in [-0.05, 0) is 54.1 Å². The number of rotatable bonds is 7. The SMILES string of the molecule is O=C(O)C(=O)CC(=O)c1ccc(-c2ccc(Oc3ccccc3)cc2)s1. The molecule has 5 nitrogen and oxygen atoms in total. The van der Waals surface area contributed by atoms with Gasteiger partial charge >= 0.3 is 5.97 Å². The number of ketones is 2. The van der Waals surface area contributed by atoms with E-state index < -0.39 is 24.0 Å². The van der Waals surface area contributed by atoms with Crippen molar-refractivity contribution in [2.45, 2.75) is 6.42 Å². The van der Waals surface area contributed by atoms with E-state index in [9.17, 15) is 14.4 Å². The number of hydrogen-bond donors (Lipinski definition) is 1. The molecule has 0 saturated carbocycles. The average Bonchev–Trinajstić information content (AvgIpc) is 3.13. The van der Waals surface area contributed by atoms with E-state index in [0.29, 0.717) is 10.6 Å². The topological polar surface area (TPSA) is 80.7 Å². The van der Waals surface area contributed by atoms with Crippen LogP contribution in [-0.4, -0.2) is 22.6 Å². The Hall–Kier alpha value is -3.25. The van der Waals surface area contributed by atoms with E-state index in [0.717, 1.165) is 16.2 Å². The van der Waals surface area contributed by atoms with E-state index in [2.05, 4.69) is 0 Å². The third kappa shape index (κ3) is 4.23. The molecule has 26 heavy (non-hydrogen) atoms. The zero-order valence-corrected chi connectivity index (χ0v) is 14.4. The molecule has 0 saturated heterocycles. The summed E-state index contributed by atoms with van der Waals surface area (Å²) < 4.78 is 5.74. The van der Waals surface area contributed by atoms with Crippen molar-refractivity contribution < 1.29 is 24.2 Å². The van der Waals surface area contributed by atoms with Crippen molar-refractivity contribution in [3.05, 3.63) is 71.6 Å². The van der Waals surface area contributed by atoms with Gasteiger partial charge in [-0.15, -0.1) is 11.3 Å². The summed E-state index contributed by atoms with van der Waals surface area (Å²) in [6.07, 6.45) is -0.626. The maximum Gasteiger partial charge on any atom is 0.372 e. The smallest absolute Gasteiger partial charge is 0.372 e. The number of para-hydroxylation sites is 1. The molecule has 0 aliphatic carbocycles. The van der Waals surface area contributed by atoms with Gasteiger partial charge in [-0.25, -0.2) is 4.79 Å². The maximum atomic E-state index is 12.0. The minimum absolute atomic E-state index is 0.360. The highest BCUT2D eigenvalue weighted by Crippen LogP contribution is 2.31. The molecule has 0 unspecified atom stereocenters. The first kappa shape index (κ1) is 17.6. The summed E-state index contributed by atoms with van der Waals surface area (Å²) in [5, 5.41) is 8.58. The van der Waals surface area contributed by atoms with Crippen molar-refractivity contribution in [3.8, 4) is 21.9 Å². The van der Waals surface area contributed by atoms with Crippen molar-refractivity contribution in [1.29, 1.82) is 0 Å². The highest BCUT2D eigenvalue weighted by molar-refractivity contribution is 7.17. The molecule has 1 aromatic heterocycles. The molecule has 0 amide bonds. The molecule has 0 bridgehead atoms. The summed E-state index contributed by atoms with van der Waals surface area (Å²) in [5.41, 5.74) is 0.902. The van der Waals surface area contributed by atoms with Crippen molar-refractivity contribution >= 4 is 28.9 Å². The normalized spacial score (nSPS) is 10.3. The Morgan fingerprint density at radius 1 is 0.846 bits per heavy atom. The van der Waals surface area contributed by atoms with Crippen molar-refractivity contribution in [1.82, 2.24) is 0 Å². The predicted molar refractivity (Wildman–Crippen MR) is 97.9 cm³/mol. The number of thiophene rings is 1. The lowest BCUT2D eigenvalue weighted by molar-refractivity contribution is -0.148. The molecule has 3 aromatic rings. The number of aliphatic carboxylic acids is 1. The van der Waals surface area contributed by atoms with Gasteiger partial charge in [-0.3, -0.25) is 9.59 Å². The minimum Gasteiger partial charge on any atom is -0.475 e. The number of hydrogen-bond acceptors (Lipinski definition) is 5. The van der Waals surface area contributed by atoms with Crippen LogP contribution in [0.5, 0.6) is 11.5 Å². The number of ether oxygens (including phenoxy) is 1. The lowest BCUT2D eigenvalue weighted by atomic mass is 10.1. The van der Waals surface area contributed by atoms with Crippen LogP contribution >= 0.6 is 11.3 Å². The second kappa shape index (κ2) is 7.76. The molecule has 0 aliphatic heterocycles. The van der Waals surface area contributed by atoms with E-state index in [1.807, 2.05) is 54.6 Å². The molecule has 6 heteroatoms. The van der Waals surface area contributed by atoms with Gasteiger partial charge in [-0.1, -0.05) is 18.2 Å². The van der Waals surface area contributed by atoms with Gasteiger partial charge in [0, 0.05) is 4.88 Å². The molecule has 2 aromatic carbocycles. The Morgan fingerprint density at radius 3 is 2.15 bits per heavy atom. The van der Waals surface area contributed by atoms with Crippen LogP contribution in [0, 0.1) is 0 Å². The van der Waals surface area contributed by atoms with Crippen LogP contribution in [0.3, 0.4) is 0 Å². The first-order chi connectivity index (χ1) is 12.5. The Bertz CT molecular complexity index is 942. The highest BCUT2D eigenvalue weighted by atomic mass is 32.1. The number of carbonyl (C=O) groups is 3. The van der Waals surface area contributed by atoms with E-state index in [1.165, 1.54) is 11.3 Å². The molecule has 0 aliphatic rings. The first-order valence-corrected chi connectivity index (χ1v) is 8.57. The lowest BCUT2D eigenvalue weighted by Crippen LogP contribution is -2.16. The number of carboxylic acids is 1. The first-order valence-electron chi connectivity index (χ1n) is 7.75. The third-order valence-electron chi connectivity index (χ3n) is 3.56. The summed E-state index contributed by atoms with van der Waals surface area (Å²) in [6.45, 7) is 0. The van der Waals surface area contributed by atoms with E-state index >= 15 is 0 Å². The van der Waals surface area contributed by atoms with Gasteiger partial charge in [0.1, 0.15) is 11.5 Å². The zero-order valence-electron chi connectivity index (χ0n) is 13.5. The number of carboxylic acid groups (broad SMARTS) is 1. The standard InChI is InChI=1S/C20H14O5S/c21-16(12-17(22)20(23)24)19-11-10-18(26-19)13-6-8-15(9-7-13)25-14-4-2-1-3-5-14/h1-11H,12H2,(H,23,24). The molecule has 0 atom stereocenters. The Kier molecular flexibility index (Phi) is 5.24. The van der Waals surface area contributed by atoms with Gasteiger partial charge in [0.05, 0.1) is 11.3 Å². The van der Waals surface area contributed by atoms with Gasteiger partial charge in [0.15, 0.2) is 5.78 Å². The van der Waals surface area contributed by atoms with Crippen molar-refractivity contribution in [2.24, 2.45) is 0 Å². The number of carbonyl (C=O) groups excluding carboxylic acids is 2. The number of benzene rings is 2. The average molecular weight is 366 g/mol. The van der Waals surface area contributed by atoms with Crippen molar-refractivity contribution in [3.63, 3.8) is 0 Å². The van der Waals surface area contributed by atoms with Crippen LogP contribution in [0.2, 0.25) is 0 Å². The van der Waals surface area contributed by atoms with Crippen LogP contribution in [0.15, 0.2) is 66.7 Å². The quantitative estimate of drug-likeness (QED) is 0.380. The van der Waals surface area contributed by atoms with Crippen molar-refractivity contribution in [2.75, 3.05) is 0 Å². The third-order valence-corrected chi connectivity index (χ3v) is 4.73. The van der Waals surface area contributed by atoms with Gasteiger partial charge < -0.3 is 9.84 Å². The maximum absolute atomic E-state index is 12.0. The molecule has 3 rings (SSSR count). The Morgan fingerprint density at radius 2 is 1.50 bits per heavy atom. The highest BCUT2D eigenvalue weighted by Gasteiger charge is 2.19. The van der Waals surface area contributed by atoms with E-state index in [4.69, 9.17) is 9.84 Å². The molecule has 0 spiro atoms. The second-order valence-corrected chi connectivity index (χ2v) is 6.52. The zero-order chi connectivity index (χ0) is 18.5. The Labute approximate surface area is 153 Å². The second-order valence-electron chi connectivity index (χ2n) is 5.43. The lowest BCUT2D eigenvalue weighted by Gasteiger charge is -2.06. The number of Topliss-reactive ketones (excluding diaryl/α,β-unsaturated/α-hetero) is 2. The fraction of sp³-hybridized carbons (Fsp3) is 0.0500. The van der Waals surface area contributed by atoms with Crippen LogP contribution < -0.4 is 4.74 Å². The summed E-state index contributed by atoms with van der Waals surface area (Å²) in [4.78, 5) is 34.9. The van der Waals surface area contributed by atoms with Crippen LogP contribution in [-0.2, 0) is 9.59 Å². The summed E-state index contributed by atoms with van der Waals surface area (Å²) in [6, 6.07) is 20.2. The monoisotopic (exact) mass is 366 g/mol. The summed E-state index contributed by atoms with van der Waals surface area (Å²) in [7, 11) is 0. The molecular formula is C20H14O5S. The Balaban J connectivity index is 1.70. The minimum atomic E-state index is -1.59. The predicted octanol–water partition coefficient (Wildman–Crippen LogP) is 4.43. The van der Waals surface area contributed by atoms with Gasteiger partial charge in [-0.2, -0.15) is 0 Å². The largest absolute Gasteiger partial charge is 0.475 e. The molecule has 1 heterocycles. The molecule has 1 N–H and O–H groups in total. The fourth-order valence-corrected chi connectivity index (χ4v) is 3.21. The molecular weight excluding hydrogens is 352 g/mol. The molecule has 130 valence electrons. The van der Waals surface area contributed by atoms with Crippen LogP contribution in [0.4, 0.5) is 0 Å².